The molecule has 9 heteroatoms. The van der Waals surface area contributed by atoms with Crippen LogP contribution in [0.25, 0.3) is 11.0 Å². The molecule has 0 spiro atoms. The van der Waals surface area contributed by atoms with E-state index in [-0.39, 0.29) is 4.90 Å². The van der Waals surface area contributed by atoms with Crippen LogP contribution in [0.2, 0.25) is 0 Å². The minimum Gasteiger partial charge on any atom is -0.461 e. The molecule has 31 heavy (non-hydrogen) atoms. The van der Waals surface area contributed by atoms with Crippen LogP contribution < -0.4 is 10.1 Å². The van der Waals surface area contributed by atoms with Crippen LogP contribution in [-0.2, 0) is 9.84 Å². The Hall–Kier alpha value is -3.72. The van der Waals surface area contributed by atoms with Crippen LogP contribution in [-0.4, -0.2) is 30.5 Å². The highest BCUT2D eigenvalue weighted by Crippen LogP contribution is 2.34. The molecule has 8 nitrogen and oxygen atoms in total. The van der Waals surface area contributed by atoms with Crippen molar-refractivity contribution in [1.82, 2.24) is 9.97 Å². The number of sulfone groups is 1. The van der Waals surface area contributed by atoms with E-state index < -0.39 is 15.7 Å². The molecule has 1 N–H and O–H groups in total. The largest absolute Gasteiger partial charge is 0.461 e. The van der Waals surface area contributed by atoms with Crippen LogP contribution in [0.15, 0.2) is 64.2 Å². The van der Waals surface area contributed by atoms with Gasteiger partial charge in [-0.2, -0.15) is 0 Å². The van der Waals surface area contributed by atoms with Gasteiger partial charge in [0, 0.05) is 11.8 Å². The normalized spacial score (nSPS) is 11.5. The van der Waals surface area contributed by atoms with E-state index in [1.807, 2.05) is 6.07 Å². The minimum atomic E-state index is -3.31. The number of fused-ring (bicyclic) bond motifs is 1. The molecule has 2 aromatic carbocycles. The van der Waals surface area contributed by atoms with Crippen LogP contribution in [0.3, 0.4) is 0 Å². The molecule has 0 aliphatic rings. The molecule has 4 rings (SSSR count). The van der Waals surface area contributed by atoms with E-state index in [2.05, 4.69) is 15.3 Å². The highest BCUT2D eigenvalue weighted by molar-refractivity contribution is 7.90. The second-order valence-electron chi connectivity index (χ2n) is 7.09. The third-order valence-corrected chi connectivity index (χ3v) is 5.62. The van der Waals surface area contributed by atoms with Gasteiger partial charge >= 0.3 is 0 Å². The molecule has 0 atom stereocenters. The van der Waals surface area contributed by atoms with E-state index in [1.165, 1.54) is 18.3 Å². The Morgan fingerprint density at radius 3 is 2.42 bits per heavy atom. The van der Waals surface area contributed by atoms with Crippen molar-refractivity contribution in [3.05, 3.63) is 71.9 Å². The number of hydrogen-bond acceptors (Lipinski definition) is 7. The number of benzene rings is 2. The van der Waals surface area contributed by atoms with Crippen molar-refractivity contribution in [3.8, 4) is 11.5 Å². The lowest BCUT2D eigenvalue weighted by Gasteiger charge is -2.10. The lowest BCUT2D eigenvalue weighted by molar-refractivity contribution is 0.102. The molecule has 0 saturated carbocycles. The van der Waals surface area contributed by atoms with Gasteiger partial charge in [-0.05, 0) is 56.3 Å². The van der Waals surface area contributed by atoms with Gasteiger partial charge in [-0.1, -0.05) is 0 Å². The Labute approximate surface area is 178 Å². The number of amides is 1. The summed E-state index contributed by atoms with van der Waals surface area (Å²) >= 11 is 0. The van der Waals surface area contributed by atoms with E-state index in [0.29, 0.717) is 39.6 Å². The first kappa shape index (κ1) is 20.5. The van der Waals surface area contributed by atoms with Gasteiger partial charge < -0.3 is 14.5 Å². The summed E-state index contributed by atoms with van der Waals surface area (Å²) in [5, 5.41) is 3.39. The Kier molecular flexibility index (Phi) is 5.20. The van der Waals surface area contributed by atoms with Gasteiger partial charge in [-0.15, -0.1) is 0 Å². The first-order valence-corrected chi connectivity index (χ1v) is 11.2. The van der Waals surface area contributed by atoms with Crippen molar-refractivity contribution in [3.63, 3.8) is 0 Å². The number of carbonyl (C=O) groups excluding carboxylic acids is 1. The molecule has 0 aliphatic carbocycles. The quantitative estimate of drug-likeness (QED) is 0.496. The fourth-order valence-corrected chi connectivity index (χ4v) is 3.61. The summed E-state index contributed by atoms with van der Waals surface area (Å²) in [7, 11) is -3.31. The summed E-state index contributed by atoms with van der Waals surface area (Å²) in [6, 6.07) is 11.1. The molecule has 0 saturated heterocycles. The zero-order valence-corrected chi connectivity index (χ0v) is 17.9. The van der Waals surface area contributed by atoms with Crippen molar-refractivity contribution >= 4 is 32.5 Å². The Morgan fingerprint density at radius 1 is 1.03 bits per heavy atom. The van der Waals surface area contributed by atoms with Crippen LogP contribution in [0.5, 0.6) is 11.5 Å². The summed E-state index contributed by atoms with van der Waals surface area (Å²) in [5.41, 5.74) is 1.54. The fraction of sp³-hybridized carbons (Fsp3) is 0.136. The first-order chi connectivity index (χ1) is 14.7. The number of nitrogens with one attached hydrogen (secondary N) is 1. The van der Waals surface area contributed by atoms with Gasteiger partial charge in [0.05, 0.1) is 28.4 Å². The average Bonchev–Trinajstić information content (AvgIpc) is 3.10. The number of ether oxygens (including phenoxy) is 1. The second-order valence-corrected chi connectivity index (χ2v) is 9.10. The molecule has 0 radical (unpaired) electrons. The van der Waals surface area contributed by atoms with Crippen molar-refractivity contribution in [1.29, 1.82) is 0 Å². The molecule has 1 amide bonds. The molecule has 0 bridgehead atoms. The van der Waals surface area contributed by atoms with Crippen LogP contribution in [0.4, 0.5) is 5.82 Å². The van der Waals surface area contributed by atoms with Crippen LogP contribution >= 0.6 is 0 Å². The average molecular weight is 437 g/mol. The second kappa shape index (κ2) is 7.84. The fourth-order valence-electron chi connectivity index (χ4n) is 2.98. The zero-order chi connectivity index (χ0) is 22.2. The summed E-state index contributed by atoms with van der Waals surface area (Å²) in [5.74, 6) is 1.42. The van der Waals surface area contributed by atoms with Gasteiger partial charge in [0.1, 0.15) is 22.8 Å². The number of rotatable bonds is 5. The summed E-state index contributed by atoms with van der Waals surface area (Å²) in [4.78, 5) is 21.2. The number of hydrogen-bond donors (Lipinski definition) is 1. The maximum Gasteiger partial charge on any atom is 0.257 e. The number of nitrogens with zero attached hydrogens (tertiary/aromatic N) is 2. The highest BCUT2D eigenvalue weighted by atomic mass is 32.2. The standard InChI is InChI=1S/C22H19N3O5S/c1-13-11-24-21(12-23-13)25-22(26)15-9-19-18(8-14(2)29-19)20(10-15)30-16-4-6-17(7-5-16)31(3,27)28/h4-12H,1-3H3,(H,24,25,26). The number of carbonyl (C=O) groups is 1. The third kappa shape index (κ3) is 4.56. The van der Waals surface area contributed by atoms with Crippen molar-refractivity contribution in [2.75, 3.05) is 11.6 Å². The van der Waals surface area contributed by atoms with Crippen molar-refractivity contribution in [2.24, 2.45) is 0 Å². The third-order valence-electron chi connectivity index (χ3n) is 4.49. The SMILES string of the molecule is Cc1cnc(NC(=O)c2cc(Oc3ccc(S(C)(=O)=O)cc3)c3cc(C)oc3c2)cn1. The predicted molar refractivity (Wildman–Crippen MR) is 115 cm³/mol. The van der Waals surface area contributed by atoms with Crippen LogP contribution in [0, 0.1) is 13.8 Å². The molecule has 4 aromatic rings. The lowest BCUT2D eigenvalue weighted by atomic mass is 10.1. The van der Waals surface area contributed by atoms with Gasteiger partial charge in [0.25, 0.3) is 5.91 Å². The molecular formula is C22H19N3O5S. The molecule has 0 unspecified atom stereocenters. The van der Waals surface area contributed by atoms with E-state index in [1.54, 1.807) is 44.3 Å². The first-order valence-electron chi connectivity index (χ1n) is 9.31. The monoisotopic (exact) mass is 437 g/mol. The Bertz CT molecular complexity index is 1380. The zero-order valence-electron chi connectivity index (χ0n) is 17.0. The molecule has 2 heterocycles. The summed E-state index contributed by atoms with van der Waals surface area (Å²) in [6.45, 7) is 3.60. The summed E-state index contributed by atoms with van der Waals surface area (Å²) in [6.07, 6.45) is 4.17. The predicted octanol–water partition coefficient (Wildman–Crippen LogP) is 4.29. The Balaban J connectivity index is 1.67. The number of furan rings is 1. The van der Waals surface area contributed by atoms with Crippen LogP contribution in [0.1, 0.15) is 21.8 Å². The van der Waals surface area contributed by atoms with E-state index in [4.69, 9.17) is 9.15 Å². The number of aromatic nitrogens is 2. The van der Waals surface area contributed by atoms with E-state index >= 15 is 0 Å². The molecular weight excluding hydrogens is 418 g/mol. The highest BCUT2D eigenvalue weighted by Gasteiger charge is 2.16. The van der Waals surface area contributed by atoms with Gasteiger partial charge in [-0.3, -0.25) is 9.78 Å². The maximum absolute atomic E-state index is 12.8. The Morgan fingerprint density at radius 2 is 1.77 bits per heavy atom. The molecule has 0 aliphatic heterocycles. The molecule has 0 fully saturated rings. The van der Waals surface area contributed by atoms with Gasteiger partial charge in [0.15, 0.2) is 15.7 Å². The lowest BCUT2D eigenvalue weighted by Crippen LogP contribution is -2.13. The van der Waals surface area contributed by atoms with Crippen molar-refractivity contribution < 1.29 is 22.4 Å². The van der Waals surface area contributed by atoms with Gasteiger partial charge in [0.2, 0.25) is 0 Å². The number of anilines is 1. The molecule has 158 valence electrons. The summed E-state index contributed by atoms with van der Waals surface area (Å²) < 4.78 is 35.0. The van der Waals surface area contributed by atoms with Crippen molar-refractivity contribution in [2.45, 2.75) is 18.7 Å². The minimum absolute atomic E-state index is 0.191. The maximum atomic E-state index is 12.8. The number of aryl methyl sites for hydroxylation is 2. The van der Waals surface area contributed by atoms with Gasteiger partial charge in [-0.25, -0.2) is 13.4 Å². The smallest absolute Gasteiger partial charge is 0.257 e. The topological polar surface area (TPSA) is 111 Å². The van der Waals surface area contributed by atoms with E-state index in [0.717, 1.165) is 11.9 Å². The molecule has 2 aromatic heterocycles. The van der Waals surface area contributed by atoms with E-state index in [9.17, 15) is 13.2 Å².